The second kappa shape index (κ2) is 4.64. The summed E-state index contributed by atoms with van der Waals surface area (Å²) >= 11 is 0. The van der Waals surface area contributed by atoms with E-state index in [0.29, 0.717) is 12.0 Å². The lowest BCUT2D eigenvalue weighted by atomic mass is 10.0. The van der Waals surface area contributed by atoms with Crippen molar-refractivity contribution >= 4 is 11.4 Å². The summed E-state index contributed by atoms with van der Waals surface area (Å²) in [6, 6.07) is 6.65. The van der Waals surface area contributed by atoms with Gasteiger partial charge in [-0.15, -0.1) is 0 Å². The van der Waals surface area contributed by atoms with Crippen LogP contribution in [-0.2, 0) is 0 Å². The number of ether oxygens (including phenoxy) is 1. The molecule has 3 heteroatoms. The van der Waals surface area contributed by atoms with Crippen molar-refractivity contribution in [3.05, 3.63) is 18.2 Å². The zero-order valence-electron chi connectivity index (χ0n) is 10.2. The Hall–Kier alpha value is -1.38. The zero-order chi connectivity index (χ0) is 11.5. The molecular formula is C13H20N2O. The van der Waals surface area contributed by atoms with E-state index in [9.17, 15) is 0 Å². The molecule has 88 valence electrons. The first-order valence-electron chi connectivity index (χ1n) is 5.89. The van der Waals surface area contributed by atoms with E-state index in [2.05, 4.69) is 36.6 Å². The van der Waals surface area contributed by atoms with Gasteiger partial charge in [0.15, 0.2) is 0 Å². The Morgan fingerprint density at radius 3 is 2.81 bits per heavy atom. The van der Waals surface area contributed by atoms with Crippen LogP contribution in [0.5, 0.6) is 5.75 Å². The summed E-state index contributed by atoms with van der Waals surface area (Å²) in [5.41, 5.74) is 2.32. The molecule has 0 saturated heterocycles. The summed E-state index contributed by atoms with van der Waals surface area (Å²) in [6.07, 6.45) is 1.15. The lowest BCUT2D eigenvalue weighted by molar-refractivity contribution is 0.415. The van der Waals surface area contributed by atoms with Crippen molar-refractivity contribution in [2.45, 2.75) is 26.3 Å². The third kappa shape index (κ3) is 2.23. The fraction of sp³-hybridized carbons (Fsp3) is 0.538. The van der Waals surface area contributed by atoms with Crippen molar-refractivity contribution in [3.8, 4) is 5.75 Å². The predicted octanol–water partition coefficient (Wildman–Crippen LogP) is 2.95. The standard InChI is InChI=1S/C13H20N2O/c1-9(2)11-6-7-14-12-5-4-10(16-3)8-13(12)15-11/h4-5,8-9,11,14-15H,6-7H2,1-3H3. The van der Waals surface area contributed by atoms with E-state index in [1.807, 2.05) is 6.07 Å². The van der Waals surface area contributed by atoms with Crippen LogP contribution in [0, 0.1) is 5.92 Å². The van der Waals surface area contributed by atoms with Gasteiger partial charge in [-0.3, -0.25) is 0 Å². The van der Waals surface area contributed by atoms with Crippen molar-refractivity contribution in [1.82, 2.24) is 0 Å². The van der Waals surface area contributed by atoms with Gasteiger partial charge in [0.05, 0.1) is 18.5 Å². The molecule has 0 amide bonds. The SMILES string of the molecule is COc1ccc2c(c1)NC(C(C)C)CCN2. The molecule has 1 heterocycles. The van der Waals surface area contributed by atoms with Gasteiger partial charge in [-0.2, -0.15) is 0 Å². The minimum Gasteiger partial charge on any atom is -0.497 e. The minimum absolute atomic E-state index is 0.529. The van der Waals surface area contributed by atoms with Crippen LogP contribution in [0.3, 0.4) is 0 Å². The van der Waals surface area contributed by atoms with E-state index in [1.165, 1.54) is 5.69 Å². The molecule has 2 rings (SSSR count). The van der Waals surface area contributed by atoms with E-state index in [1.54, 1.807) is 7.11 Å². The average molecular weight is 220 g/mol. The van der Waals surface area contributed by atoms with Gasteiger partial charge in [-0.1, -0.05) is 13.8 Å². The van der Waals surface area contributed by atoms with E-state index in [0.717, 1.165) is 24.4 Å². The summed E-state index contributed by atoms with van der Waals surface area (Å²) in [5.74, 6) is 1.54. The van der Waals surface area contributed by atoms with Crippen LogP contribution in [0.2, 0.25) is 0 Å². The smallest absolute Gasteiger partial charge is 0.121 e. The molecule has 16 heavy (non-hydrogen) atoms. The first-order valence-corrected chi connectivity index (χ1v) is 5.89. The molecule has 0 aliphatic carbocycles. The largest absolute Gasteiger partial charge is 0.497 e. The maximum Gasteiger partial charge on any atom is 0.121 e. The topological polar surface area (TPSA) is 33.3 Å². The Balaban J connectivity index is 2.26. The average Bonchev–Trinajstić information content (AvgIpc) is 2.49. The maximum absolute atomic E-state index is 5.25. The molecule has 1 atom stereocenters. The highest BCUT2D eigenvalue weighted by Crippen LogP contribution is 2.31. The van der Waals surface area contributed by atoms with Gasteiger partial charge in [0, 0.05) is 18.7 Å². The van der Waals surface area contributed by atoms with Crippen LogP contribution < -0.4 is 15.4 Å². The molecule has 3 nitrogen and oxygen atoms in total. The minimum atomic E-state index is 0.529. The highest BCUT2D eigenvalue weighted by atomic mass is 16.5. The zero-order valence-corrected chi connectivity index (χ0v) is 10.2. The summed E-state index contributed by atoms with van der Waals surface area (Å²) in [5, 5.41) is 7.03. The quantitative estimate of drug-likeness (QED) is 0.804. The number of fused-ring (bicyclic) bond motifs is 1. The van der Waals surface area contributed by atoms with Gasteiger partial charge in [-0.05, 0) is 24.5 Å². The molecule has 1 aliphatic rings. The Morgan fingerprint density at radius 2 is 2.12 bits per heavy atom. The molecule has 2 N–H and O–H groups in total. The number of hydrogen-bond donors (Lipinski definition) is 2. The molecule has 0 radical (unpaired) electrons. The van der Waals surface area contributed by atoms with Gasteiger partial charge in [0.25, 0.3) is 0 Å². The first-order chi connectivity index (χ1) is 7.70. The number of methoxy groups -OCH3 is 1. The van der Waals surface area contributed by atoms with Crippen LogP contribution >= 0.6 is 0 Å². The van der Waals surface area contributed by atoms with Crippen LogP contribution in [-0.4, -0.2) is 19.7 Å². The van der Waals surface area contributed by atoms with Crippen LogP contribution in [0.25, 0.3) is 0 Å². The third-order valence-electron chi connectivity index (χ3n) is 3.14. The lowest BCUT2D eigenvalue weighted by Crippen LogP contribution is -2.25. The fourth-order valence-corrected chi connectivity index (χ4v) is 2.06. The van der Waals surface area contributed by atoms with Crippen LogP contribution in [0.4, 0.5) is 11.4 Å². The van der Waals surface area contributed by atoms with E-state index in [4.69, 9.17) is 4.74 Å². The van der Waals surface area contributed by atoms with Gasteiger partial charge in [0.1, 0.15) is 5.75 Å². The molecule has 1 unspecified atom stereocenters. The fourth-order valence-electron chi connectivity index (χ4n) is 2.06. The molecule has 0 aromatic heterocycles. The summed E-state index contributed by atoms with van der Waals surface area (Å²) in [6.45, 7) is 5.53. The highest BCUT2D eigenvalue weighted by Gasteiger charge is 2.18. The number of nitrogens with one attached hydrogen (secondary N) is 2. The lowest BCUT2D eigenvalue weighted by Gasteiger charge is -2.21. The monoisotopic (exact) mass is 220 g/mol. The number of hydrogen-bond acceptors (Lipinski definition) is 3. The summed E-state index contributed by atoms with van der Waals surface area (Å²) < 4.78 is 5.25. The Morgan fingerprint density at radius 1 is 1.31 bits per heavy atom. The van der Waals surface area contributed by atoms with Crippen molar-refractivity contribution in [2.75, 3.05) is 24.3 Å². The highest BCUT2D eigenvalue weighted by molar-refractivity contribution is 5.71. The van der Waals surface area contributed by atoms with Gasteiger partial charge < -0.3 is 15.4 Å². The number of benzene rings is 1. The third-order valence-corrected chi connectivity index (χ3v) is 3.14. The molecule has 1 aromatic carbocycles. The van der Waals surface area contributed by atoms with Crippen molar-refractivity contribution < 1.29 is 4.74 Å². The molecule has 0 bridgehead atoms. The first kappa shape index (κ1) is 11.1. The number of rotatable bonds is 2. The van der Waals surface area contributed by atoms with Gasteiger partial charge in [0.2, 0.25) is 0 Å². The summed E-state index contributed by atoms with van der Waals surface area (Å²) in [7, 11) is 1.70. The second-order valence-electron chi connectivity index (χ2n) is 4.62. The van der Waals surface area contributed by atoms with Crippen LogP contribution in [0.15, 0.2) is 18.2 Å². The van der Waals surface area contributed by atoms with E-state index >= 15 is 0 Å². The van der Waals surface area contributed by atoms with Gasteiger partial charge >= 0.3 is 0 Å². The molecular weight excluding hydrogens is 200 g/mol. The van der Waals surface area contributed by atoms with Crippen LogP contribution in [0.1, 0.15) is 20.3 Å². The molecule has 0 fully saturated rings. The second-order valence-corrected chi connectivity index (χ2v) is 4.62. The van der Waals surface area contributed by atoms with Crippen molar-refractivity contribution in [3.63, 3.8) is 0 Å². The summed E-state index contributed by atoms with van der Waals surface area (Å²) in [4.78, 5) is 0. The Kier molecular flexibility index (Phi) is 3.22. The number of anilines is 2. The molecule has 1 aromatic rings. The van der Waals surface area contributed by atoms with E-state index in [-0.39, 0.29) is 0 Å². The Labute approximate surface area is 97.2 Å². The van der Waals surface area contributed by atoms with Crippen molar-refractivity contribution in [2.24, 2.45) is 5.92 Å². The van der Waals surface area contributed by atoms with Gasteiger partial charge in [-0.25, -0.2) is 0 Å². The van der Waals surface area contributed by atoms with Crippen molar-refractivity contribution in [1.29, 1.82) is 0 Å². The predicted molar refractivity (Wildman–Crippen MR) is 68.3 cm³/mol. The Bertz CT molecular complexity index is 363. The molecule has 0 saturated carbocycles. The molecule has 0 spiro atoms. The molecule has 1 aliphatic heterocycles. The maximum atomic E-state index is 5.25. The van der Waals surface area contributed by atoms with E-state index < -0.39 is 0 Å². The normalized spacial score (nSPS) is 19.4.